The highest BCUT2D eigenvalue weighted by atomic mass is 19.1. The Labute approximate surface area is 129 Å². The van der Waals surface area contributed by atoms with Crippen molar-refractivity contribution in [3.8, 4) is 0 Å². The van der Waals surface area contributed by atoms with E-state index in [1.54, 1.807) is 0 Å². The lowest BCUT2D eigenvalue weighted by molar-refractivity contribution is 0.272. The van der Waals surface area contributed by atoms with E-state index < -0.39 is 0 Å². The number of hydrogen-bond acceptors (Lipinski definition) is 2. The van der Waals surface area contributed by atoms with E-state index in [4.69, 9.17) is 5.73 Å². The van der Waals surface area contributed by atoms with Gasteiger partial charge in [0.1, 0.15) is 5.82 Å². The molecule has 2 nitrogen and oxygen atoms in total. The fourth-order valence-corrected chi connectivity index (χ4v) is 3.51. The van der Waals surface area contributed by atoms with Gasteiger partial charge in [-0.3, -0.25) is 0 Å². The molecular formula is C18H31FN2. The molecule has 0 spiro atoms. The van der Waals surface area contributed by atoms with E-state index in [1.165, 1.54) is 12.1 Å². The molecule has 0 aliphatic heterocycles. The molecule has 1 aromatic carbocycles. The molecular weight excluding hydrogens is 263 g/mol. The van der Waals surface area contributed by atoms with Gasteiger partial charge in [0, 0.05) is 18.8 Å². The van der Waals surface area contributed by atoms with Gasteiger partial charge in [-0.25, -0.2) is 4.39 Å². The van der Waals surface area contributed by atoms with Gasteiger partial charge in [0.25, 0.3) is 0 Å². The number of likely N-dealkylation sites (N-methyl/N-ethyl adjacent to an activating group) is 1. The molecule has 0 bridgehead atoms. The third kappa shape index (κ3) is 4.70. The summed E-state index contributed by atoms with van der Waals surface area (Å²) < 4.78 is 13.2. The van der Waals surface area contributed by atoms with Crippen LogP contribution in [0, 0.1) is 17.7 Å². The lowest BCUT2D eigenvalue weighted by Gasteiger charge is -2.47. The molecule has 0 heterocycles. The third-order valence-electron chi connectivity index (χ3n) is 3.98. The lowest BCUT2D eigenvalue weighted by Crippen LogP contribution is -2.55. The summed E-state index contributed by atoms with van der Waals surface area (Å²) in [6.07, 6.45) is 2.10. The molecule has 0 aromatic heterocycles. The first-order valence-corrected chi connectivity index (χ1v) is 8.08. The van der Waals surface area contributed by atoms with Crippen LogP contribution in [0.25, 0.3) is 0 Å². The largest absolute Gasteiger partial charge is 0.365 e. The van der Waals surface area contributed by atoms with E-state index >= 15 is 0 Å². The minimum atomic E-state index is -0.194. The summed E-state index contributed by atoms with van der Waals surface area (Å²) in [7, 11) is 0. The molecule has 0 saturated carbocycles. The van der Waals surface area contributed by atoms with Crippen molar-refractivity contribution in [1.29, 1.82) is 0 Å². The zero-order chi connectivity index (χ0) is 16.0. The zero-order valence-corrected chi connectivity index (χ0v) is 14.2. The van der Waals surface area contributed by atoms with Crippen molar-refractivity contribution in [1.82, 2.24) is 0 Å². The van der Waals surface area contributed by atoms with Gasteiger partial charge in [-0.05, 0) is 55.9 Å². The highest BCUT2D eigenvalue weighted by Gasteiger charge is 2.36. The Morgan fingerprint density at radius 3 is 1.86 bits per heavy atom. The van der Waals surface area contributed by atoms with Crippen molar-refractivity contribution in [2.24, 2.45) is 17.6 Å². The number of nitrogens with two attached hydrogens (primary N) is 1. The number of hydrogen-bond donors (Lipinski definition) is 1. The molecule has 1 aromatic rings. The first-order chi connectivity index (χ1) is 9.84. The maximum Gasteiger partial charge on any atom is 0.123 e. The Hall–Kier alpha value is -1.09. The Morgan fingerprint density at radius 2 is 1.52 bits per heavy atom. The highest BCUT2D eigenvalue weighted by Crippen LogP contribution is 2.34. The van der Waals surface area contributed by atoms with Gasteiger partial charge in [0.2, 0.25) is 0 Å². The number of benzene rings is 1. The maximum atomic E-state index is 13.2. The van der Waals surface area contributed by atoms with Crippen molar-refractivity contribution >= 4 is 5.69 Å². The average Bonchev–Trinajstić information content (AvgIpc) is 2.40. The van der Waals surface area contributed by atoms with Gasteiger partial charge in [0.05, 0.1) is 5.54 Å². The van der Waals surface area contributed by atoms with Crippen molar-refractivity contribution < 1.29 is 4.39 Å². The van der Waals surface area contributed by atoms with Crippen LogP contribution in [0.1, 0.15) is 47.5 Å². The van der Waals surface area contributed by atoms with Crippen LogP contribution >= 0.6 is 0 Å². The van der Waals surface area contributed by atoms with E-state index in [2.05, 4.69) is 39.5 Å². The predicted octanol–water partition coefficient (Wildman–Crippen LogP) is 4.44. The molecule has 0 radical (unpaired) electrons. The van der Waals surface area contributed by atoms with Gasteiger partial charge < -0.3 is 10.6 Å². The first-order valence-electron chi connectivity index (χ1n) is 8.08. The number of rotatable bonds is 8. The van der Waals surface area contributed by atoms with E-state index in [-0.39, 0.29) is 11.4 Å². The zero-order valence-electron chi connectivity index (χ0n) is 14.2. The number of nitrogens with zero attached hydrogens (tertiary/aromatic N) is 1. The second-order valence-electron chi connectivity index (χ2n) is 6.85. The second kappa shape index (κ2) is 7.79. The summed E-state index contributed by atoms with van der Waals surface area (Å²) in [6.45, 7) is 12.6. The molecule has 0 fully saturated rings. The molecule has 3 heteroatoms. The van der Waals surface area contributed by atoms with Crippen LogP contribution < -0.4 is 10.6 Å². The molecule has 0 aliphatic carbocycles. The minimum Gasteiger partial charge on any atom is -0.365 e. The van der Waals surface area contributed by atoms with Crippen LogP contribution in [0.2, 0.25) is 0 Å². The lowest BCUT2D eigenvalue weighted by atomic mass is 9.80. The molecule has 0 atom stereocenters. The number of anilines is 1. The number of halogens is 1. The smallest absolute Gasteiger partial charge is 0.123 e. The van der Waals surface area contributed by atoms with Gasteiger partial charge in [-0.1, -0.05) is 27.7 Å². The highest BCUT2D eigenvalue weighted by molar-refractivity contribution is 5.49. The topological polar surface area (TPSA) is 29.3 Å². The van der Waals surface area contributed by atoms with E-state index in [1.807, 2.05) is 12.1 Å². The Bertz CT molecular complexity index is 402. The summed E-state index contributed by atoms with van der Waals surface area (Å²) in [4.78, 5) is 2.37. The molecule has 0 amide bonds. The van der Waals surface area contributed by atoms with E-state index in [0.29, 0.717) is 18.4 Å². The minimum absolute atomic E-state index is 0.0606. The summed E-state index contributed by atoms with van der Waals surface area (Å²) in [5.74, 6) is 0.949. The van der Waals surface area contributed by atoms with E-state index in [9.17, 15) is 4.39 Å². The SMILES string of the molecule is CCN(c1ccc(F)cc1)C(CN)(CC(C)C)CC(C)C. The van der Waals surface area contributed by atoms with E-state index in [0.717, 1.165) is 25.1 Å². The average molecular weight is 294 g/mol. The molecule has 120 valence electrons. The predicted molar refractivity (Wildman–Crippen MR) is 90.1 cm³/mol. The molecule has 0 unspecified atom stereocenters. The Balaban J connectivity index is 3.20. The Kier molecular flexibility index (Phi) is 6.66. The first kappa shape index (κ1) is 18.0. The maximum absolute atomic E-state index is 13.2. The van der Waals surface area contributed by atoms with Crippen molar-refractivity contribution in [2.75, 3.05) is 18.0 Å². The standard InChI is InChI=1S/C18H31FN2/c1-6-21(17-9-7-16(19)8-10-17)18(13-20,11-14(2)3)12-15(4)5/h7-10,14-15H,6,11-13,20H2,1-5H3. The van der Waals surface area contributed by atoms with Crippen LogP contribution in [0.4, 0.5) is 10.1 Å². The molecule has 1 rings (SSSR count). The molecule has 21 heavy (non-hydrogen) atoms. The quantitative estimate of drug-likeness (QED) is 0.768. The Morgan fingerprint density at radius 1 is 1.05 bits per heavy atom. The molecule has 0 saturated heterocycles. The van der Waals surface area contributed by atoms with Crippen molar-refractivity contribution in [3.63, 3.8) is 0 Å². The summed E-state index contributed by atoms with van der Waals surface area (Å²) in [6, 6.07) is 6.79. The van der Waals surface area contributed by atoms with Gasteiger partial charge >= 0.3 is 0 Å². The molecule has 2 N–H and O–H groups in total. The van der Waals surface area contributed by atoms with Crippen LogP contribution in [0.3, 0.4) is 0 Å². The van der Waals surface area contributed by atoms with Crippen LogP contribution in [0.15, 0.2) is 24.3 Å². The fourth-order valence-electron chi connectivity index (χ4n) is 3.51. The van der Waals surface area contributed by atoms with Crippen LogP contribution in [-0.2, 0) is 0 Å². The van der Waals surface area contributed by atoms with Gasteiger partial charge in [-0.2, -0.15) is 0 Å². The molecule has 0 aliphatic rings. The summed E-state index contributed by atoms with van der Waals surface area (Å²) in [5, 5.41) is 0. The van der Waals surface area contributed by atoms with Crippen molar-refractivity contribution in [2.45, 2.75) is 53.0 Å². The normalized spacial score (nSPS) is 12.2. The second-order valence-corrected chi connectivity index (χ2v) is 6.85. The van der Waals surface area contributed by atoms with Gasteiger partial charge in [-0.15, -0.1) is 0 Å². The van der Waals surface area contributed by atoms with Crippen molar-refractivity contribution in [3.05, 3.63) is 30.1 Å². The fraction of sp³-hybridized carbons (Fsp3) is 0.667. The van der Waals surface area contributed by atoms with Gasteiger partial charge in [0.15, 0.2) is 0 Å². The summed E-state index contributed by atoms with van der Waals surface area (Å²) in [5.41, 5.74) is 7.23. The third-order valence-corrected chi connectivity index (χ3v) is 3.98. The summed E-state index contributed by atoms with van der Waals surface area (Å²) >= 11 is 0. The monoisotopic (exact) mass is 294 g/mol. The van der Waals surface area contributed by atoms with Crippen LogP contribution in [-0.4, -0.2) is 18.6 Å². The van der Waals surface area contributed by atoms with Crippen LogP contribution in [0.5, 0.6) is 0 Å².